The molecule has 11 atom stereocenters. The highest BCUT2D eigenvalue weighted by atomic mass is 16.6. The third-order valence-corrected chi connectivity index (χ3v) is 12.8. The first-order chi connectivity index (χ1) is 23.6. The summed E-state index contributed by atoms with van der Waals surface area (Å²) in [5.74, 6) is -3.19. The van der Waals surface area contributed by atoms with Crippen molar-refractivity contribution in [1.29, 1.82) is 0 Å². The van der Waals surface area contributed by atoms with E-state index in [9.17, 15) is 19.8 Å². The zero-order valence-electron chi connectivity index (χ0n) is 30.2. The predicted molar refractivity (Wildman–Crippen MR) is 183 cm³/mol. The standard InChI is InChI=1S/C40H50O10/c1-22(24-15-11-9-12-16-24)30(41)36(44)49-26-20-40(45)34(50-35(43)25-17-13-10-14-18-25)32-38(5)21-48-27(38)19-28(46-7)39(32,6)33(42)31(47-8)29(23(26)2)37(40,3)4/h9-18,22,26-28,30-32,34,41,45H,19-21H2,1-8H3/t22-,26?,27+,28-,30+,31+,32+,34-,38+,39+,40+/m0/s1. The molecule has 3 aliphatic carbocycles. The van der Waals surface area contributed by atoms with Crippen LogP contribution in [0.25, 0.3) is 0 Å². The van der Waals surface area contributed by atoms with Crippen LogP contribution in [0.15, 0.2) is 71.8 Å². The number of Topliss-reactive ketones (excluding diaryl/α,β-unsaturated/α-hetero) is 1. The smallest absolute Gasteiger partial charge is 0.338 e. The first-order valence-corrected chi connectivity index (χ1v) is 17.4. The number of ketones is 1. The Labute approximate surface area is 294 Å². The van der Waals surface area contributed by atoms with Crippen LogP contribution in [0, 0.1) is 22.2 Å². The van der Waals surface area contributed by atoms with E-state index in [-0.39, 0.29) is 30.5 Å². The van der Waals surface area contributed by atoms with Gasteiger partial charge in [-0.15, -0.1) is 0 Å². The average Bonchev–Trinajstić information content (AvgIpc) is 3.10. The molecule has 10 nitrogen and oxygen atoms in total. The highest BCUT2D eigenvalue weighted by molar-refractivity contribution is 5.94. The summed E-state index contributed by atoms with van der Waals surface area (Å²) < 4.78 is 30.8. The molecule has 1 unspecified atom stereocenters. The second kappa shape index (κ2) is 13.0. The van der Waals surface area contributed by atoms with E-state index in [1.807, 2.05) is 58.0 Å². The van der Waals surface area contributed by atoms with Gasteiger partial charge < -0.3 is 33.9 Å². The molecule has 10 heteroatoms. The maximum Gasteiger partial charge on any atom is 0.338 e. The summed E-state index contributed by atoms with van der Waals surface area (Å²) in [6, 6.07) is 17.7. The fraction of sp³-hybridized carbons (Fsp3) is 0.575. The van der Waals surface area contributed by atoms with Gasteiger partial charge in [0, 0.05) is 49.7 Å². The molecule has 2 aromatic carbocycles. The molecule has 0 radical (unpaired) electrons. The molecule has 4 aliphatic rings. The Morgan fingerprint density at radius 1 is 0.940 bits per heavy atom. The number of hydrogen-bond acceptors (Lipinski definition) is 10. The van der Waals surface area contributed by atoms with Gasteiger partial charge in [-0.2, -0.15) is 0 Å². The Hall–Kier alpha value is -3.41. The number of fused-ring (bicyclic) bond motifs is 5. The summed E-state index contributed by atoms with van der Waals surface area (Å²) in [7, 11) is 3.00. The lowest BCUT2D eigenvalue weighted by Crippen LogP contribution is -2.78. The van der Waals surface area contributed by atoms with E-state index in [1.165, 1.54) is 7.11 Å². The highest BCUT2D eigenvalue weighted by Crippen LogP contribution is 2.66. The van der Waals surface area contributed by atoms with E-state index in [2.05, 4.69) is 0 Å². The number of hydrogen-bond donors (Lipinski definition) is 2. The highest BCUT2D eigenvalue weighted by Gasteiger charge is 2.75. The van der Waals surface area contributed by atoms with Gasteiger partial charge in [0.2, 0.25) is 0 Å². The molecule has 1 aliphatic heterocycles. The van der Waals surface area contributed by atoms with Gasteiger partial charge in [-0.3, -0.25) is 4.79 Å². The molecule has 2 saturated carbocycles. The fourth-order valence-corrected chi connectivity index (χ4v) is 9.65. The van der Waals surface area contributed by atoms with Crippen LogP contribution < -0.4 is 0 Å². The maximum absolute atomic E-state index is 15.2. The molecule has 1 saturated heterocycles. The zero-order valence-corrected chi connectivity index (χ0v) is 30.2. The van der Waals surface area contributed by atoms with Crippen molar-refractivity contribution in [3.05, 3.63) is 82.9 Å². The molecule has 0 amide bonds. The van der Waals surface area contributed by atoms with Crippen LogP contribution in [-0.2, 0) is 33.3 Å². The summed E-state index contributed by atoms with van der Waals surface area (Å²) in [4.78, 5) is 43.0. The lowest BCUT2D eigenvalue weighted by Gasteiger charge is -2.68. The van der Waals surface area contributed by atoms with Crippen LogP contribution >= 0.6 is 0 Å². The first kappa shape index (κ1) is 36.4. The van der Waals surface area contributed by atoms with E-state index in [1.54, 1.807) is 51.3 Å². The van der Waals surface area contributed by atoms with Gasteiger partial charge in [0.05, 0.1) is 29.8 Å². The fourth-order valence-electron chi connectivity index (χ4n) is 9.65. The van der Waals surface area contributed by atoms with E-state index in [0.29, 0.717) is 17.6 Å². The van der Waals surface area contributed by atoms with Crippen LogP contribution in [0.3, 0.4) is 0 Å². The molecular weight excluding hydrogens is 640 g/mol. The second-order valence-electron chi connectivity index (χ2n) is 15.6. The minimum Gasteiger partial charge on any atom is -0.456 e. The third kappa shape index (κ3) is 5.29. The summed E-state index contributed by atoms with van der Waals surface area (Å²) in [5, 5.41) is 24.6. The summed E-state index contributed by atoms with van der Waals surface area (Å²) in [5.41, 5.74) is -3.12. The third-order valence-electron chi connectivity index (χ3n) is 12.8. The van der Waals surface area contributed by atoms with Crippen LogP contribution in [-0.4, -0.2) is 91.0 Å². The summed E-state index contributed by atoms with van der Waals surface area (Å²) in [6.07, 6.45) is -5.74. The number of methoxy groups -OCH3 is 2. The van der Waals surface area contributed by atoms with E-state index in [0.717, 1.165) is 5.56 Å². The van der Waals surface area contributed by atoms with Crippen molar-refractivity contribution in [3.63, 3.8) is 0 Å². The Bertz CT molecular complexity index is 1650. The number of ether oxygens (including phenoxy) is 5. The quantitative estimate of drug-likeness (QED) is 0.293. The first-order valence-electron chi connectivity index (χ1n) is 17.4. The number of esters is 2. The van der Waals surface area contributed by atoms with Crippen LogP contribution in [0.1, 0.15) is 76.2 Å². The number of aliphatic hydroxyl groups excluding tert-OH is 1. The van der Waals surface area contributed by atoms with Gasteiger partial charge in [-0.25, -0.2) is 9.59 Å². The normalized spacial score (nSPS) is 37.2. The Balaban J connectivity index is 1.52. The molecule has 6 rings (SSSR count). The Morgan fingerprint density at radius 3 is 2.12 bits per heavy atom. The van der Waals surface area contributed by atoms with Crippen molar-refractivity contribution in [2.75, 3.05) is 20.8 Å². The molecule has 50 heavy (non-hydrogen) atoms. The molecule has 2 bridgehead atoms. The lowest BCUT2D eigenvalue weighted by atomic mass is 9.42. The molecule has 3 fully saturated rings. The second-order valence-corrected chi connectivity index (χ2v) is 15.6. The maximum atomic E-state index is 15.2. The molecular formula is C40H50O10. The largest absolute Gasteiger partial charge is 0.456 e. The van der Waals surface area contributed by atoms with Gasteiger partial charge in [0.15, 0.2) is 11.9 Å². The van der Waals surface area contributed by atoms with Crippen LogP contribution in [0.5, 0.6) is 0 Å². The monoisotopic (exact) mass is 690 g/mol. The molecule has 1 heterocycles. The zero-order chi connectivity index (χ0) is 36.4. The molecule has 0 spiro atoms. The van der Waals surface area contributed by atoms with Crippen LogP contribution in [0.2, 0.25) is 0 Å². The number of carbonyl (C=O) groups is 3. The molecule has 270 valence electrons. The SMILES string of the molecule is CO[C@H]1C(=O)[C@]2(C)[C@@H](OC)C[C@H]3OC[C@@]3(C)[C@H]2[C@H](OC(=O)c2ccccc2)[C@]2(O)CC(OC(=O)[C@H](O)[C@@H](C)c3ccccc3)C(C)=C1C2(C)C. The van der Waals surface area contributed by atoms with Crippen molar-refractivity contribution in [3.8, 4) is 0 Å². The van der Waals surface area contributed by atoms with Crippen molar-refractivity contribution >= 4 is 17.7 Å². The summed E-state index contributed by atoms with van der Waals surface area (Å²) >= 11 is 0. The number of rotatable bonds is 8. The molecule has 2 aromatic rings. The van der Waals surface area contributed by atoms with Gasteiger partial charge in [-0.05, 0) is 42.7 Å². The van der Waals surface area contributed by atoms with Gasteiger partial charge in [-0.1, -0.05) is 76.2 Å². The molecule has 2 N–H and O–H groups in total. The topological polar surface area (TPSA) is 138 Å². The van der Waals surface area contributed by atoms with Crippen molar-refractivity contribution in [2.45, 2.75) is 103 Å². The van der Waals surface area contributed by atoms with E-state index < -0.39 is 76.1 Å². The molecule has 0 aromatic heterocycles. The van der Waals surface area contributed by atoms with Gasteiger partial charge in [0.1, 0.15) is 23.9 Å². The van der Waals surface area contributed by atoms with Crippen molar-refractivity contribution in [1.82, 2.24) is 0 Å². The van der Waals surface area contributed by atoms with Gasteiger partial charge in [0.25, 0.3) is 0 Å². The Kier molecular flexibility index (Phi) is 9.44. The predicted octanol–water partition coefficient (Wildman–Crippen LogP) is 4.81. The van der Waals surface area contributed by atoms with Gasteiger partial charge >= 0.3 is 11.9 Å². The summed E-state index contributed by atoms with van der Waals surface area (Å²) in [6.45, 7) is 11.2. The van der Waals surface area contributed by atoms with E-state index >= 15 is 4.79 Å². The average molecular weight is 691 g/mol. The lowest BCUT2D eigenvalue weighted by molar-refractivity contribution is -0.316. The number of benzene rings is 2. The Morgan fingerprint density at radius 2 is 1.56 bits per heavy atom. The van der Waals surface area contributed by atoms with E-state index in [4.69, 9.17) is 23.7 Å². The minimum absolute atomic E-state index is 0.170. The minimum atomic E-state index is -1.91. The number of aliphatic hydroxyl groups is 2. The van der Waals surface area contributed by atoms with Crippen LogP contribution in [0.4, 0.5) is 0 Å². The number of carbonyl (C=O) groups excluding carboxylic acids is 3. The van der Waals surface area contributed by atoms with Crippen molar-refractivity contribution in [2.24, 2.45) is 22.2 Å². The van der Waals surface area contributed by atoms with Crippen molar-refractivity contribution < 1.29 is 48.3 Å².